The first kappa shape index (κ1) is 13.0. The molecule has 0 aliphatic carbocycles. The summed E-state index contributed by atoms with van der Waals surface area (Å²) in [4.78, 5) is 13.0. The highest BCUT2D eigenvalue weighted by Crippen LogP contribution is 2.23. The zero-order valence-corrected chi connectivity index (χ0v) is 10.3. The van der Waals surface area contributed by atoms with Crippen molar-refractivity contribution in [2.75, 3.05) is 13.1 Å². The van der Waals surface area contributed by atoms with Crippen LogP contribution in [0.3, 0.4) is 0 Å². The Balaban J connectivity index is 3.02. The highest BCUT2D eigenvalue weighted by Gasteiger charge is 2.18. The fourth-order valence-corrected chi connectivity index (χ4v) is 1.58. The second kappa shape index (κ2) is 5.88. The third-order valence-corrected chi connectivity index (χ3v) is 2.49. The van der Waals surface area contributed by atoms with Gasteiger partial charge in [0.2, 0.25) is 0 Å². The van der Waals surface area contributed by atoms with E-state index in [0.29, 0.717) is 4.47 Å². The Morgan fingerprint density at radius 2 is 1.94 bits per heavy atom. The van der Waals surface area contributed by atoms with Gasteiger partial charge in [-0.15, -0.1) is 0 Å². The fraction of sp³-hybridized carbons (Fsp3) is 0.182. The van der Waals surface area contributed by atoms with Gasteiger partial charge in [-0.3, -0.25) is 4.79 Å². The summed E-state index contributed by atoms with van der Waals surface area (Å²) in [5.74, 6) is -0.733. The van der Waals surface area contributed by atoms with E-state index in [1.54, 1.807) is 18.2 Å². The van der Waals surface area contributed by atoms with E-state index in [1.807, 2.05) is 0 Å². The zero-order valence-electron chi connectivity index (χ0n) is 8.72. The topological polar surface area (TPSA) is 88.1 Å². The largest absolute Gasteiger partial charge is 0.507 e. The van der Waals surface area contributed by atoms with Crippen molar-refractivity contribution >= 4 is 21.8 Å². The van der Waals surface area contributed by atoms with Crippen LogP contribution in [0.1, 0.15) is 10.4 Å². The lowest BCUT2D eigenvalue weighted by Crippen LogP contribution is -2.31. The summed E-state index contributed by atoms with van der Waals surface area (Å²) in [5, 5.41) is 26.7. The summed E-state index contributed by atoms with van der Waals surface area (Å²) in [6, 6.07) is 8.01. The number of phenolic OH excluding ortho intramolecular Hbond substituents is 1. The molecule has 1 rings (SSSR count). The van der Waals surface area contributed by atoms with Gasteiger partial charge in [0.05, 0.1) is 17.7 Å². The molecule has 6 heteroatoms. The van der Waals surface area contributed by atoms with Crippen LogP contribution in [0, 0.1) is 22.7 Å². The molecule has 0 saturated heterocycles. The maximum atomic E-state index is 11.9. The molecule has 0 bridgehead atoms. The quantitative estimate of drug-likeness (QED) is 0.858. The van der Waals surface area contributed by atoms with Crippen molar-refractivity contribution in [3.05, 3.63) is 28.2 Å². The van der Waals surface area contributed by atoms with Gasteiger partial charge < -0.3 is 10.0 Å². The second-order valence-electron chi connectivity index (χ2n) is 3.14. The fourth-order valence-electron chi connectivity index (χ4n) is 1.23. The number of phenols is 1. The van der Waals surface area contributed by atoms with E-state index in [4.69, 9.17) is 10.5 Å². The second-order valence-corrected chi connectivity index (χ2v) is 4.05. The van der Waals surface area contributed by atoms with Crippen molar-refractivity contribution in [3.8, 4) is 17.9 Å². The molecular weight excluding hydrogens is 286 g/mol. The number of aromatic hydroxyl groups is 1. The van der Waals surface area contributed by atoms with Crippen molar-refractivity contribution in [1.82, 2.24) is 4.90 Å². The van der Waals surface area contributed by atoms with Gasteiger partial charge in [0.15, 0.2) is 0 Å². The lowest BCUT2D eigenvalue weighted by molar-refractivity contribution is 0.0791. The number of hydrogen-bond acceptors (Lipinski definition) is 4. The highest BCUT2D eigenvalue weighted by molar-refractivity contribution is 9.10. The maximum Gasteiger partial charge on any atom is 0.259 e. The molecule has 1 amide bonds. The molecule has 0 unspecified atom stereocenters. The number of rotatable bonds is 3. The smallest absolute Gasteiger partial charge is 0.259 e. The van der Waals surface area contributed by atoms with Crippen LogP contribution in [0.15, 0.2) is 22.7 Å². The lowest BCUT2D eigenvalue weighted by atomic mass is 10.1. The minimum atomic E-state index is -0.543. The minimum absolute atomic E-state index is 0.0682. The Labute approximate surface area is 107 Å². The van der Waals surface area contributed by atoms with Crippen LogP contribution in [0.25, 0.3) is 0 Å². The summed E-state index contributed by atoms with van der Waals surface area (Å²) >= 11 is 3.15. The highest BCUT2D eigenvalue weighted by atomic mass is 79.9. The van der Waals surface area contributed by atoms with Crippen LogP contribution in [-0.4, -0.2) is 29.0 Å². The van der Waals surface area contributed by atoms with Crippen molar-refractivity contribution < 1.29 is 9.90 Å². The minimum Gasteiger partial charge on any atom is -0.507 e. The molecule has 1 aromatic rings. The molecule has 0 aliphatic rings. The molecule has 1 N–H and O–H groups in total. The van der Waals surface area contributed by atoms with Gasteiger partial charge in [-0.05, 0) is 18.2 Å². The Hall–Kier alpha value is -2.05. The predicted molar refractivity (Wildman–Crippen MR) is 62.9 cm³/mol. The zero-order chi connectivity index (χ0) is 12.8. The van der Waals surface area contributed by atoms with E-state index >= 15 is 0 Å². The summed E-state index contributed by atoms with van der Waals surface area (Å²) in [7, 11) is 0. The molecule has 5 nitrogen and oxygen atoms in total. The number of nitrogens with zero attached hydrogens (tertiary/aromatic N) is 3. The average Bonchev–Trinajstić information content (AvgIpc) is 2.28. The van der Waals surface area contributed by atoms with E-state index in [-0.39, 0.29) is 24.4 Å². The van der Waals surface area contributed by atoms with E-state index in [2.05, 4.69) is 15.9 Å². The van der Waals surface area contributed by atoms with Crippen LogP contribution in [-0.2, 0) is 0 Å². The predicted octanol–water partition coefficient (Wildman–Crippen LogP) is 1.64. The molecule has 0 fully saturated rings. The monoisotopic (exact) mass is 293 g/mol. The van der Waals surface area contributed by atoms with Crippen molar-refractivity contribution in [1.29, 1.82) is 10.5 Å². The third kappa shape index (κ3) is 3.20. The van der Waals surface area contributed by atoms with Crippen LogP contribution >= 0.6 is 15.9 Å². The number of carbonyl (C=O) groups is 1. The van der Waals surface area contributed by atoms with Crippen molar-refractivity contribution in [2.24, 2.45) is 0 Å². The standard InChI is InChI=1S/C11H8BrN3O2/c12-8-1-2-9(10(16)7-8)11(17)15(5-3-13)6-4-14/h1-2,7,16H,5-6H2. The van der Waals surface area contributed by atoms with E-state index in [9.17, 15) is 9.90 Å². The van der Waals surface area contributed by atoms with E-state index in [0.717, 1.165) is 4.90 Å². The van der Waals surface area contributed by atoms with Gasteiger partial charge in [-0.1, -0.05) is 15.9 Å². The maximum absolute atomic E-state index is 11.9. The SMILES string of the molecule is N#CCN(CC#N)C(=O)c1ccc(Br)cc1O. The van der Waals surface area contributed by atoms with Gasteiger partial charge in [0.25, 0.3) is 5.91 Å². The van der Waals surface area contributed by atoms with Crippen LogP contribution in [0.4, 0.5) is 0 Å². The third-order valence-electron chi connectivity index (χ3n) is 2.00. The molecule has 1 aromatic carbocycles. The molecular formula is C11H8BrN3O2. The molecule has 17 heavy (non-hydrogen) atoms. The number of benzene rings is 1. The Morgan fingerprint density at radius 1 is 1.35 bits per heavy atom. The molecule has 0 aliphatic heterocycles. The number of hydrogen-bond donors (Lipinski definition) is 1. The Kier molecular flexibility index (Phi) is 4.50. The van der Waals surface area contributed by atoms with Gasteiger partial charge in [0.1, 0.15) is 18.8 Å². The van der Waals surface area contributed by atoms with Gasteiger partial charge in [-0.25, -0.2) is 0 Å². The van der Waals surface area contributed by atoms with Crippen molar-refractivity contribution in [3.63, 3.8) is 0 Å². The van der Waals surface area contributed by atoms with Crippen LogP contribution < -0.4 is 0 Å². The summed E-state index contributed by atoms with van der Waals surface area (Å²) < 4.78 is 0.638. The molecule has 0 saturated carbocycles. The average molecular weight is 294 g/mol. The van der Waals surface area contributed by atoms with Gasteiger partial charge in [0, 0.05) is 4.47 Å². The first-order chi connectivity index (χ1) is 8.10. The number of nitriles is 2. The molecule has 86 valence electrons. The lowest BCUT2D eigenvalue weighted by Gasteiger charge is -2.16. The molecule has 0 heterocycles. The summed E-state index contributed by atoms with van der Waals surface area (Å²) in [6.07, 6.45) is 0. The van der Waals surface area contributed by atoms with E-state index in [1.165, 1.54) is 12.1 Å². The summed E-state index contributed by atoms with van der Waals surface area (Å²) in [6.45, 7) is -0.385. The molecule has 0 atom stereocenters. The van der Waals surface area contributed by atoms with Gasteiger partial charge >= 0.3 is 0 Å². The first-order valence-corrected chi connectivity index (χ1v) is 5.41. The van der Waals surface area contributed by atoms with E-state index < -0.39 is 5.91 Å². The molecule has 0 aromatic heterocycles. The number of carbonyl (C=O) groups excluding carboxylic acids is 1. The first-order valence-electron chi connectivity index (χ1n) is 4.62. The van der Waals surface area contributed by atoms with Crippen LogP contribution in [0.5, 0.6) is 5.75 Å². The Morgan fingerprint density at radius 3 is 2.41 bits per heavy atom. The summed E-state index contributed by atoms with van der Waals surface area (Å²) in [5.41, 5.74) is 0.0682. The van der Waals surface area contributed by atoms with Crippen LogP contribution in [0.2, 0.25) is 0 Å². The molecule has 0 radical (unpaired) electrons. The number of halogens is 1. The normalized spacial score (nSPS) is 9.12. The Bertz CT molecular complexity index is 500. The van der Waals surface area contributed by atoms with Gasteiger partial charge in [-0.2, -0.15) is 10.5 Å². The number of amides is 1. The molecule has 0 spiro atoms. The van der Waals surface area contributed by atoms with Crippen molar-refractivity contribution in [2.45, 2.75) is 0 Å².